The standard InChI is InChI=1S/C22H25N5O4/c1-14(2)31-17(28)11-8-12-26-16(15-9-6-5-7-10-15)13-27-18-19(23-21(26)27)24(3)22(30)25(4)20(18)29/h5-7,9-10,13-14H,8,11-12H2,1-4H3. The maximum absolute atomic E-state index is 12.9. The fourth-order valence-corrected chi connectivity index (χ4v) is 3.78. The molecule has 3 aromatic heterocycles. The molecule has 0 radical (unpaired) electrons. The lowest BCUT2D eigenvalue weighted by Crippen LogP contribution is -2.37. The van der Waals surface area contributed by atoms with Gasteiger partial charge in [-0.1, -0.05) is 30.3 Å². The van der Waals surface area contributed by atoms with Gasteiger partial charge in [-0.05, 0) is 25.8 Å². The summed E-state index contributed by atoms with van der Waals surface area (Å²) in [5.41, 5.74) is 1.68. The number of aryl methyl sites for hydroxylation is 2. The quantitative estimate of drug-likeness (QED) is 0.443. The van der Waals surface area contributed by atoms with Crippen LogP contribution in [-0.4, -0.2) is 35.2 Å². The van der Waals surface area contributed by atoms with E-state index in [0.29, 0.717) is 29.9 Å². The zero-order valence-corrected chi connectivity index (χ0v) is 18.0. The predicted molar refractivity (Wildman–Crippen MR) is 117 cm³/mol. The maximum atomic E-state index is 12.9. The van der Waals surface area contributed by atoms with Crippen LogP contribution < -0.4 is 11.2 Å². The summed E-state index contributed by atoms with van der Waals surface area (Å²) in [5.74, 6) is 0.300. The Kier molecular flexibility index (Phi) is 5.26. The third-order valence-electron chi connectivity index (χ3n) is 5.26. The van der Waals surface area contributed by atoms with Gasteiger partial charge in [-0.25, -0.2) is 4.79 Å². The van der Waals surface area contributed by atoms with Gasteiger partial charge in [-0.15, -0.1) is 0 Å². The minimum absolute atomic E-state index is 0.152. The number of hydrogen-bond acceptors (Lipinski definition) is 5. The van der Waals surface area contributed by atoms with Crippen molar-refractivity contribution in [3.8, 4) is 11.3 Å². The molecule has 0 saturated heterocycles. The molecule has 0 saturated carbocycles. The number of esters is 1. The highest BCUT2D eigenvalue weighted by Crippen LogP contribution is 2.25. The van der Waals surface area contributed by atoms with Crippen LogP contribution >= 0.6 is 0 Å². The van der Waals surface area contributed by atoms with E-state index >= 15 is 0 Å². The average Bonchev–Trinajstić information content (AvgIpc) is 3.28. The van der Waals surface area contributed by atoms with E-state index in [1.54, 1.807) is 11.4 Å². The number of ether oxygens (including phenoxy) is 1. The second-order valence-electron chi connectivity index (χ2n) is 7.83. The monoisotopic (exact) mass is 423 g/mol. The number of carbonyl (C=O) groups is 1. The minimum atomic E-state index is -0.426. The van der Waals surface area contributed by atoms with Crippen LogP contribution in [0.1, 0.15) is 26.7 Å². The average molecular weight is 423 g/mol. The molecule has 4 rings (SSSR count). The number of hydrogen-bond donors (Lipinski definition) is 0. The molecule has 0 aliphatic rings. The van der Waals surface area contributed by atoms with Gasteiger partial charge in [0.05, 0.1) is 11.8 Å². The lowest BCUT2D eigenvalue weighted by atomic mass is 10.1. The Bertz CT molecular complexity index is 1390. The van der Waals surface area contributed by atoms with Crippen LogP contribution in [0, 0.1) is 0 Å². The summed E-state index contributed by atoms with van der Waals surface area (Å²) in [4.78, 5) is 41.8. The molecule has 0 aliphatic carbocycles. The number of nitrogens with zero attached hydrogens (tertiary/aromatic N) is 5. The molecular weight excluding hydrogens is 398 g/mol. The highest BCUT2D eigenvalue weighted by molar-refractivity contribution is 5.78. The lowest BCUT2D eigenvalue weighted by molar-refractivity contribution is -0.147. The highest BCUT2D eigenvalue weighted by Gasteiger charge is 2.21. The predicted octanol–water partition coefficient (Wildman–Crippen LogP) is 2.09. The second-order valence-corrected chi connectivity index (χ2v) is 7.83. The molecule has 0 N–H and O–H groups in total. The van der Waals surface area contributed by atoms with Crippen LogP contribution in [0.15, 0.2) is 46.1 Å². The topological polar surface area (TPSA) is 92.5 Å². The summed E-state index contributed by atoms with van der Waals surface area (Å²) in [6, 6.07) is 9.78. The van der Waals surface area contributed by atoms with E-state index in [1.165, 1.54) is 11.6 Å². The molecule has 0 atom stereocenters. The number of fused-ring (bicyclic) bond motifs is 3. The Labute approximate surface area is 178 Å². The number of benzene rings is 1. The van der Waals surface area contributed by atoms with Crippen molar-refractivity contribution in [3.63, 3.8) is 0 Å². The molecule has 31 heavy (non-hydrogen) atoms. The molecular formula is C22H25N5O4. The smallest absolute Gasteiger partial charge is 0.332 e. The number of rotatable bonds is 6. The summed E-state index contributed by atoms with van der Waals surface area (Å²) < 4.78 is 11.4. The zero-order valence-electron chi connectivity index (χ0n) is 18.0. The summed E-state index contributed by atoms with van der Waals surface area (Å²) in [5, 5.41) is 0. The third kappa shape index (κ3) is 3.56. The fourth-order valence-electron chi connectivity index (χ4n) is 3.78. The molecule has 0 fully saturated rings. The SMILES string of the molecule is CC(C)OC(=O)CCCn1c(-c2ccccc2)cn2c3c(=O)n(C)c(=O)n(C)c3nc12. The van der Waals surface area contributed by atoms with E-state index in [2.05, 4.69) is 4.98 Å². The normalized spacial score (nSPS) is 11.6. The first-order valence-corrected chi connectivity index (χ1v) is 10.2. The van der Waals surface area contributed by atoms with Gasteiger partial charge >= 0.3 is 11.7 Å². The van der Waals surface area contributed by atoms with Gasteiger partial charge in [-0.2, -0.15) is 4.98 Å². The molecule has 0 unspecified atom stereocenters. The van der Waals surface area contributed by atoms with Gasteiger partial charge in [0.15, 0.2) is 11.2 Å². The molecule has 162 valence electrons. The Balaban J connectivity index is 1.86. The van der Waals surface area contributed by atoms with Crippen molar-refractivity contribution in [3.05, 3.63) is 57.4 Å². The molecule has 4 aromatic rings. The summed E-state index contributed by atoms with van der Waals surface area (Å²) >= 11 is 0. The van der Waals surface area contributed by atoms with Crippen molar-refractivity contribution in [2.24, 2.45) is 14.1 Å². The molecule has 0 bridgehead atoms. The van der Waals surface area contributed by atoms with Gasteiger partial charge in [0, 0.05) is 33.3 Å². The minimum Gasteiger partial charge on any atom is -0.463 e. The number of aromatic nitrogens is 5. The summed E-state index contributed by atoms with van der Waals surface area (Å²) in [6.07, 6.45) is 2.53. The van der Waals surface area contributed by atoms with Crippen LogP contribution in [0.5, 0.6) is 0 Å². The van der Waals surface area contributed by atoms with Crippen molar-refractivity contribution in [2.45, 2.75) is 39.3 Å². The van der Waals surface area contributed by atoms with Gasteiger partial charge in [0.2, 0.25) is 5.78 Å². The van der Waals surface area contributed by atoms with Crippen LogP contribution in [-0.2, 0) is 30.2 Å². The van der Waals surface area contributed by atoms with Crippen LogP contribution in [0.4, 0.5) is 0 Å². The molecule has 3 heterocycles. The zero-order chi connectivity index (χ0) is 22.3. The van der Waals surface area contributed by atoms with Crippen molar-refractivity contribution >= 4 is 22.9 Å². The molecule has 1 aromatic carbocycles. The molecule has 9 heteroatoms. The van der Waals surface area contributed by atoms with Gasteiger partial charge in [0.25, 0.3) is 5.56 Å². The Morgan fingerprint density at radius 2 is 1.81 bits per heavy atom. The van der Waals surface area contributed by atoms with E-state index in [9.17, 15) is 14.4 Å². The van der Waals surface area contributed by atoms with Crippen molar-refractivity contribution in [1.82, 2.24) is 23.1 Å². The van der Waals surface area contributed by atoms with E-state index in [1.807, 2.05) is 54.9 Å². The van der Waals surface area contributed by atoms with Gasteiger partial charge in [0.1, 0.15) is 0 Å². The highest BCUT2D eigenvalue weighted by atomic mass is 16.5. The summed E-state index contributed by atoms with van der Waals surface area (Å²) in [6.45, 7) is 4.15. The molecule has 9 nitrogen and oxygen atoms in total. The van der Waals surface area contributed by atoms with Crippen molar-refractivity contribution in [2.75, 3.05) is 0 Å². The maximum Gasteiger partial charge on any atom is 0.332 e. The van der Waals surface area contributed by atoms with Crippen molar-refractivity contribution in [1.29, 1.82) is 0 Å². The van der Waals surface area contributed by atoms with E-state index in [0.717, 1.165) is 15.8 Å². The van der Waals surface area contributed by atoms with E-state index in [-0.39, 0.29) is 18.5 Å². The first kappa shape index (κ1) is 20.6. The first-order chi connectivity index (χ1) is 14.8. The Hall–Kier alpha value is -3.62. The third-order valence-corrected chi connectivity index (χ3v) is 5.26. The van der Waals surface area contributed by atoms with Crippen molar-refractivity contribution < 1.29 is 9.53 Å². The lowest BCUT2D eigenvalue weighted by Gasteiger charge is -2.10. The van der Waals surface area contributed by atoms with Crippen LogP contribution in [0.25, 0.3) is 28.2 Å². The largest absolute Gasteiger partial charge is 0.463 e. The van der Waals surface area contributed by atoms with E-state index < -0.39 is 11.2 Å². The van der Waals surface area contributed by atoms with Gasteiger partial charge < -0.3 is 9.30 Å². The van der Waals surface area contributed by atoms with Crippen LogP contribution in [0.2, 0.25) is 0 Å². The Morgan fingerprint density at radius 1 is 1.10 bits per heavy atom. The van der Waals surface area contributed by atoms with Gasteiger partial charge in [-0.3, -0.25) is 23.1 Å². The Morgan fingerprint density at radius 3 is 2.48 bits per heavy atom. The molecule has 0 amide bonds. The van der Waals surface area contributed by atoms with Crippen LogP contribution in [0.3, 0.4) is 0 Å². The first-order valence-electron chi connectivity index (χ1n) is 10.2. The van der Waals surface area contributed by atoms with E-state index in [4.69, 9.17) is 4.74 Å². The second kappa shape index (κ2) is 7.90. The molecule has 0 aliphatic heterocycles. The number of imidazole rings is 2. The number of carbonyl (C=O) groups excluding carboxylic acids is 1. The molecule has 0 spiro atoms. The fraction of sp³-hybridized carbons (Fsp3) is 0.364. The summed E-state index contributed by atoms with van der Waals surface area (Å²) in [7, 11) is 3.06.